The van der Waals surface area contributed by atoms with Crippen LogP contribution in [0.2, 0.25) is 0 Å². The minimum Gasteiger partial charge on any atom is -0.459 e. The monoisotopic (exact) mass is 923 g/mol. The van der Waals surface area contributed by atoms with Crippen molar-refractivity contribution in [2.75, 3.05) is 27.7 Å². The van der Waals surface area contributed by atoms with Crippen LogP contribution in [0.15, 0.2) is 30.3 Å². The standard InChI is InChI=1S/C48H78N2O15/c1-26-24-46(8,57)43(65-45-40(62-32(7)51)34(50(11)12)23-27(2)60-45)29(4)39(64-37-25-47(9,59-13)42(55)31(6)61-37)30(5)44(56)63-35(48(10,58)41(54)28(3)38(26)53)21-22-49-36(52)20-19-33-17-15-14-16-18-33/h14-18,26-31,34-35,37,39-43,45,54-55,57-58H,19-25H2,1-13H3,(H,49,52)/t26-,27-,28+,29+,30-,31+,34+,35-,37+,39+,40-,41-,42+,43-,45+,46-,47-,48-/m1/s1. The minimum atomic E-state index is -2.21. The minimum absolute atomic E-state index is 0.0289. The Morgan fingerprint density at radius 3 is 2.14 bits per heavy atom. The van der Waals surface area contributed by atoms with Crippen LogP contribution >= 0.6 is 0 Å². The largest absolute Gasteiger partial charge is 0.459 e. The molecule has 0 radical (unpaired) electrons. The maximum atomic E-state index is 14.7. The molecular formula is C48H78N2O15. The molecule has 0 aromatic heterocycles. The first kappa shape index (κ1) is 54.5. The number of aliphatic hydroxyl groups is 4. The highest BCUT2D eigenvalue weighted by molar-refractivity contribution is 5.83. The Morgan fingerprint density at radius 2 is 1.54 bits per heavy atom. The Hall–Kier alpha value is -3.10. The Bertz CT molecular complexity index is 1730. The second kappa shape index (κ2) is 22.8. The summed E-state index contributed by atoms with van der Waals surface area (Å²) in [5, 5.41) is 50.5. The number of aliphatic hydroxyl groups excluding tert-OH is 2. The van der Waals surface area contributed by atoms with Gasteiger partial charge in [-0.1, -0.05) is 51.1 Å². The van der Waals surface area contributed by atoms with Crippen LogP contribution in [0.1, 0.15) is 107 Å². The average Bonchev–Trinajstić information content (AvgIpc) is 3.24. The number of cyclic esters (lactones) is 1. The molecule has 370 valence electrons. The van der Waals surface area contributed by atoms with Gasteiger partial charge in [-0.15, -0.1) is 0 Å². The van der Waals surface area contributed by atoms with Crippen LogP contribution in [0.5, 0.6) is 0 Å². The number of amides is 1. The number of hydrogen-bond donors (Lipinski definition) is 5. The maximum absolute atomic E-state index is 14.7. The molecule has 18 atom stereocenters. The molecule has 65 heavy (non-hydrogen) atoms. The second-order valence-corrected chi connectivity index (χ2v) is 19.8. The second-order valence-electron chi connectivity index (χ2n) is 19.8. The molecule has 3 saturated heterocycles. The van der Waals surface area contributed by atoms with E-state index in [1.54, 1.807) is 34.6 Å². The third kappa shape index (κ3) is 13.5. The van der Waals surface area contributed by atoms with E-state index in [0.29, 0.717) is 12.8 Å². The van der Waals surface area contributed by atoms with E-state index in [2.05, 4.69) is 5.32 Å². The third-order valence-corrected chi connectivity index (χ3v) is 13.9. The molecule has 3 aliphatic heterocycles. The van der Waals surface area contributed by atoms with Gasteiger partial charge in [-0.3, -0.25) is 19.2 Å². The van der Waals surface area contributed by atoms with Crippen LogP contribution in [0.3, 0.4) is 0 Å². The van der Waals surface area contributed by atoms with Crippen molar-refractivity contribution in [3.63, 3.8) is 0 Å². The molecule has 4 rings (SSSR count). The Balaban J connectivity index is 1.80. The average molecular weight is 923 g/mol. The fourth-order valence-corrected chi connectivity index (χ4v) is 9.90. The summed E-state index contributed by atoms with van der Waals surface area (Å²) in [7, 11) is 5.15. The Labute approximate surface area is 385 Å². The molecule has 0 aliphatic carbocycles. The van der Waals surface area contributed by atoms with E-state index in [4.69, 9.17) is 33.2 Å². The molecule has 3 heterocycles. The van der Waals surface area contributed by atoms with Gasteiger partial charge in [0.15, 0.2) is 18.7 Å². The van der Waals surface area contributed by atoms with Crippen molar-refractivity contribution in [3.05, 3.63) is 35.9 Å². The van der Waals surface area contributed by atoms with Gasteiger partial charge in [0.1, 0.15) is 23.6 Å². The number of aryl methyl sites for hydroxylation is 1. The summed E-state index contributed by atoms with van der Waals surface area (Å²) < 4.78 is 43.9. The van der Waals surface area contributed by atoms with Gasteiger partial charge < -0.3 is 63.8 Å². The molecule has 3 fully saturated rings. The Morgan fingerprint density at radius 1 is 0.892 bits per heavy atom. The normalized spacial score (nSPS) is 41.3. The zero-order chi connectivity index (χ0) is 48.8. The molecular weight excluding hydrogens is 845 g/mol. The maximum Gasteiger partial charge on any atom is 0.311 e. The lowest BCUT2D eigenvalue weighted by Crippen LogP contribution is -2.61. The zero-order valence-electron chi connectivity index (χ0n) is 40.7. The SMILES string of the molecule is CO[C@]1(C)C[C@H](O[C@H]2[C@H](C)[C@@H](O[C@@H]3O[C@H](C)C[C@H](N(C)C)[C@H]3OC(C)=O)[C@](C)(O)C[C@@H](C)C(=O)[C@H](C)[C@@H](O)[C@](C)(O)[C@@H](CCNC(=O)CCc3ccccc3)OC(=O)[C@@H]2C)O[C@@H](C)[C@@H]1O. The van der Waals surface area contributed by atoms with Crippen molar-refractivity contribution in [3.8, 4) is 0 Å². The molecule has 3 aliphatic rings. The summed E-state index contributed by atoms with van der Waals surface area (Å²) in [6, 6.07) is 9.15. The van der Waals surface area contributed by atoms with Crippen molar-refractivity contribution in [1.29, 1.82) is 0 Å². The number of benzene rings is 1. The molecule has 0 bridgehead atoms. The zero-order valence-corrected chi connectivity index (χ0v) is 40.7. The molecule has 17 nitrogen and oxygen atoms in total. The molecule has 0 unspecified atom stereocenters. The number of nitrogens with zero attached hydrogens (tertiary/aromatic N) is 1. The van der Waals surface area contributed by atoms with Crippen molar-refractivity contribution in [2.45, 2.75) is 192 Å². The highest BCUT2D eigenvalue weighted by Crippen LogP contribution is 2.41. The summed E-state index contributed by atoms with van der Waals surface area (Å²) in [6.07, 6.45) is -10.3. The number of rotatable bonds is 13. The van der Waals surface area contributed by atoms with Gasteiger partial charge in [0.25, 0.3) is 0 Å². The predicted octanol–water partition coefficient (Wildman–Crippen LogP) is 3.09. The van der Waals surface area contributed by atoms with Crippen molar-refractivity contribution >= 4 is 23.6 Å². The number of methoxy groups -OCH3 is 1. The number of hydrogen-bond acceptors (Lipinski definition) is 16. The highest BCUT2D eigenvalue weighted by Gasteiger charge is 2.54. The number of Topliss-reactive ketones (excluding diaryl/α,β-unsaturated/α-hetero) is 1. The molecule has 17 heteroatoms. The number of ketones is 1. The Kier molecular flexibility index (Phi) is 19.1. The lowest BCUT2D eigenvalue weighted by molar-refractivity contribution is -0.318. The van der Waals surface area contributed by atoms with Crippen LogP contribution in [-0.4, -0.2) is 161 Å². The van der Waals surface area contributed by atoms with Crippen molar-refractivity contribution in [1.82, 2.24) is 10.2 Å². The van der Waals surface area contributed by atoms with Crippen LogP contribution in [0.4, 0.5) is 0 Å². The fourth-order valence-electron chi connectivity index (χ4n) is 9.90. The van der Waals surface area contributed by atoms with E-state index >= 15 is 0 Å². The quantitative estimate of drug-likeness (QED) is 0.179. The number of esters is 2. The highest BCUT2D eigenvalue weighted by atomic mass is 16.7. The molecule has 1 amide bonds. The summed E-state index contributed by atoms with van der Waals surface area (Å²) in [4.78, 5) is 56.4. The number of likely N-dealkylation sites (N-methyl/N-ethyl adjacent to an activating group) is 1. The van der Waals surface area contributed by atoms with Gasteiger partial charge in [-0.25, -0.2) is 0 Å². The van der Waals surface area contributed by atoms with E-state index < -0.39 is 114 Å². The van der Waals surface area contributed by atoms with Gasteiger partial charge in [0.05, 0.1) is 53.7 Å². The van der Waals surface area contributed by atoms with Gasteiger partial charge >= 0.3 is 11.9 Å². The van der Waals surface area contributed by atoms with Crippen molar-refractivity contribution in [2.24, 2.45) is 23.7 Å². The van der Waals surface area contributed by atoms with Crippen molar-refractivity contribution < 1.29 is 72.8 Å². The number of carbonyl (C=O) groups excluding carboxylic acids is 4. The van der Waals surface area contributed by atoms with E-state index in [0.717, 1.165) is 5.56 Å². The first-order valence-electron chi connectivity index (χ1n) is 23.1. The van der Waals surface area contributed by atoms with Gasteiger partial charge in [-0.2, -0.15) is 0 Å². The predicted molar refractivity (Wildman–Crippen MR) is 238 cm³/mol. The van der Waals surface area contributed by atoms with Crippen LogP contribution in [-0.2, 0) is 58.8 Å². The topological polar surface area (TPSA) is 229 Å². The van der Waals surface area contributed by atoms with Gasteiger partial charge in [0.2, 0.25) is 5.91 Å². The van der Waals surface area contributed by atoms with Crippen LogP contribution < -0.4 is 5.32 Å². The van der Waals surface area contributed by atoms with Crippen LogP contribution in [0, 0.1) is 23.7 Å². The first-order chi connectivity index (χ1) is 30.2. The number of carbonyl (C=O) groups is 4. The first-order valence-corrected chi connectivity index (χ1v) is 23.1. The number of ether oxygens (including phenoxy) is 7. The summed E-state index contributed by atoms with van der Waals surface area (Å²) in [5.41, 5.74) is -4.24. The van der Waals surface area contributed by atoms with Gasteiger partial charge in [0, 0.05) is 57.6 Å². The van der Waals surface area contributed by atoms with Gasteiger partial charge in [-0.05, 0) is 80.5 Å². The van der Waals surface area contributed by atoms with E-state index in [9.17, 15) is 39.6 Å². The van der Waals surface area contributed by atoms with E-state index in [1.165, 1.54) is 34.8 Å². The molecule has 1 aromatic carbocycles. The number of nitrogens with one attached hydrogen (secondary N) is 1. The summed E-state index contributed by atoms with van der Waals surface area (Å²) in [5.74, 6) is -6.50. The van der Waals surface area contributed by atoms with Crippen LogP contribution in [0.25, 0.3) is 0 Å². The lowest BCUT2D eigenvalue weighted by Gasteiger charge is -2.49. The van der Waals surface area contributed by atoms with E-state index in [-0.39, 0.29) is 50.3 Å². The van der Waals surface area contributed by atoms with E-state index in [1.807, 2.05) is 56.3 Å². The lowest BCUT2D eigenvalue weighted by atomic mass is 9.74. The molecule has 0 saturated carbocycles. The third-order valence-electron chi connectivity index (χ3n) is 13.9. The molecule has 1 aromatic rings. The molecule has 5 N–H and O–H groups in total. The summed E-state index contributed by atoms with van der Waals surface area (Å²) >= 11 is 0. The smallest absolute Gasteiger partial charge is 0.311 e. The fraction of sp³-hybridized carbons (Fsp3) is 0.792. The molecule has 0 spiro atoms. The summed E-state index contributed by atoms with van der Waals surface area (Å²) in [6.45, 7) is 15.6.